The minimum atomic E-state index is -0.260. The number of benzene rings is 1. The Bertz CT molecular complexity index is 471. The molecular formula is C15H22ClFN2. The molecule has 2 rings (SSSR count). The van der Waals surface area contributed by atoms with Gasteiger partial charge in [0.1, 0.15) is 5.82 Å². The summed E-state index contributed by atoms with van der Waals surface area (Å²) < 4.78 is 13.3. The van der Waals surface area contributed by atoms with E-state index in [-0.39, 0.29) is 22.7 Å². The highest BCUT2D eigenvalue weighted by atomic mass is 35.5. The molecule has 1 aromatic carbocycles. The second kappa shape index (κ2) is 4.72. The zero-order valence-corrected chi connectivity index (χ0v) is 12.7. The van der Waals surface area contributed by atoms with Gasteiger partial charge in [0.15, 0.2) is 0 Å². The molecule has 0 bridgehead atoms. The molecule has 1 aliphatic rings. The van der Waals surface area contributed by atoms with Crippen molar-refractivity contribution in [3.63, 3.8) is 0 Å². The van der Waals surface area contributed by atoms with E-state index in [4.69, 9.17) is 17.4 Å². The van der Waals surface area contributed by atoms with Crippen LogP contribution in [0.5, 0.6) is 0 Å². The molecule has 1 unspecified atom stereocenters. The average Bonchev–Trinajstić information content (AvgIpc) is 2.72. The van der Waals surface area contributed by atoms with Crippen molar-refractivity contribution in [1.82, 2.24) is 5.43 Å². The van der Waals surface area contributed by atoms with Crippen LogP contribution >= 0.6 is 11.6 Å². The molecule has 1 saturated carbocycles. The molecule has 0 heterocycles. The van der Waals surface area contributed by atoms with Gasteiger partial charge in [-0.1, -0.05) is 39.3 Å². The van der Waals surface area contributed by atoms with Gasteiger partial charge in [-0.25, -0.2) is 4.39 Å². The zero-order valence-electron chi connectivity index (χ0n) is 11.9. The number of nitrogens with one attached hydrogen (secondary N) is 1. The van der Waals surface area contributed by atoms with Crippen molar-refractivity contribution in [1.29, 1.82) is 0 Å². The Hall–Kier alpha value is -0.640. The summed E-state index contributed by atoms with van der Waals surface area (Å²) in [5, 5.41) is 0.595. The first-order valence-electron chi connectivity index (χ1n) is 6.62. The summed E-state index contributed by atoms with van der Waals surface area (Å²) in [5.41, 5.74) is 4.15. The van der Waals surface area contributed by atoms with E-state index in [0.29, 0.717) is 17.4 Å². The van der Waals surface area contributed by atoms with Crippen LogP contribution in [0.4, 0.5) is 4.39 Å². The van der Waals surface area contributed by atoms with Crippen molar-refractivity contribution >= 4 is 11.6 Å². The fraction of sp³-hybridized carbons (Fsp3) is 0.600. The monoisotopic (exact) mass is 284 g/mol. The largest absolute Gasteiger partial charge is 0.271 e. The number of hydrazine groups is 1. The van der Waals surface area contributed by atoms with E-state index in [1.165, 1.54) is 12.1 Å². The van der Waals surface area contributed by atoms with Crippen LogP contribution in [0.25, 0.3) is 0 Å². The second-order valence-electron chi connectivity index (χ2n) is 6.63. The highest BCUT2D eigenvalue weighted by Gasteiger charge is 2.66. The maximum atomic E-state index is 13.3. The van der Waals surface area contributed by atoms with Gasteiger partial charge in [0.05, 0.1) is 0 Å². The molecule has 1 aliphatic carbocycles. The number of nitrogens with two attached hydrogens (primary N) is 1. The third-order valence-corrected chi connectivity index (χ3v) is 5.57. The standard InChI is InChI=1S/C15H22ClFN2/c1-14(2)13(15(14,3)4)12(19-18)8-9-7-10(17)5-6-11(9)16/h5-7,12-13,19H,8,18H2,1-4H3. The lowest BCUT2D eigenvalue weighted by Gasteiger charge is -2.19. The Labute approximate surface area is 119 Å². The molecule has 0 radical (unpaired) electrons. The minimum absolute atomic E-state index is 0.101. The summed E-state index contributed by atoms with van der Waals surface area (Å²) in [6, 6.07) is 4.57. The van der Waals surface area contributed by atoms with Gasteiger partial charge in [-0.05, 0) is 46.9 Å². The van der Waals surface area contributed by atoms with Gasteiger partial charge in [0.25, 0.3) is 0 Å². The summed E-state index contributed by atoms with van der Waals surface area (Å²) in [7, 11) is 0. The fourth-order valence-corrected chi connectivity index (χ4v) is 3.66. The smallest absolute Gasteiger partial charge is 0.123 e. The van der Waals surface area contributed by atoms with Gasteiger partial charge in [-0.2, -0.15) is 0 Å². The van der Waals surface area contributed by atoms with Gasteiger partial charge in [0, 0.05) is 11.1 Å². The number of rotatable bonds is 4. The third kappa shape index (κ3) is 2.39. The first-order valence-corrected chi connectivity index (χ1v) is 6.99. The molecule has 1 fully saturated rings. The van der Waals surface area contributed by atoms with Crippen molar-refractivity contribution in [2.45, 2.75) is 40.2 Å². The molecule has 0 spiro atoms. The van der Waals surface area contributed by atoms with Crippen LogP contribution in [0.2, 0.25) is 5.02 Å². The molecular weight excluding hydrogens is 263 g/mol. The molecule has 106 valence electrons. The highest BCUT2D eigenvalue weighted by molar-refractivity contribution is 6.31. The zero-order chi connectivity index (χ0) is 14.4. The normalized spacial score (nSPS) is 22.3. The maximum absolute atomic E-state index is 13.3. The van der Waals surface area contributed by atoms with Crippen LogP contribution in [-0.4, -0.2) is 6.04 Å². The first-order chi connectivity index (χ1) is 8.71. The average molecular weight is 285 g/mol. The molecule has 1 aromatic rings. The van der Waals surface area contributed by atoms with Crippen LogP contribution in [0.1, 0.15) is 33.3 Å². The lowest BCUT2D eigenvalue weighted by molar-refractivity contribution is 0.402. The highest BCUT2D eigenvalue weighted by Crippen LogP contribution is 2.69. The van der Waals surface area contributed by atoms with Crippen LogP contribution in [0, 0.1) is 22.6 Å². The molecule has 1 atom stereocenters. The first kappa shape index (κ1) is 14.8. The number of hydrogen-bond acceptors (Lipinski definition) is 2. The van der Waals surface area contributed by atoms with E-state index in [2.05, 4.69) is 33.1 Å². The summed E-state index contributed by atoms with van der Waals surface area (Å²) in [5.74, 6) is 5.89. The predicted octanol–water partition coefficient (Wildman–Crippen LogP) is 3.54. The minimum Gasteiger partial charge on any atom is -0.271 e. The Kier molecular flexibility index (Phi) is 3.67. The molecule has 0 amide bonds. The van der Waals surface area contributed by atoms with Crippen molar-refractivity contribution in [2.75, 3.05) is 0 Å². The Morgan fingerprint density at radius 3 is 2.37 bits per heavy atom. The van der Waals surface area contributed by atoms with Crippen molar-refractivity contribution < 1.29 is 4.39 Å². The van der Waals surface area contributed by atoms with E-state index in [0.717, 1.165) is 5.56 Å². The van der Waals surface area contributed by atoms with Crippen molar-refractivity contribution in [3.05, 3.63) is 34.6 Å². The van der Waals surface area contributed by atoms with E-state index in [1.54, 1.807) is 6.07 Å². The lowest BCUT2D eigenvalue weighted by atomic mass is 9.97. The Morgan fingerprint density at radius 2 is 1.89 bits per heavy atom. The number of halogens is 2. The van der Waals surface area contributed by atoms with Crippen LogP contribution in [0.3, 0.4) is 0 Å². The summed E-state index contributed by atoms with van der Waals surface area (Å²) in [4.78, 5) is 0. The molecule has 4 heteroatoms. The van der Waals surface area contributed by atoms with Gasteiger partial charge in [0.2, 0.25) is 0 Å². The maximum Gasteiger partial charge on any atom is 0.123 e. The molecule has 0 aromatic heterocycles. The summed E-state index contributed by atoms with van der Waals surface area (Å²) in [6.07, 6.45) is 0.643. The van der Waals surface area contributed by atoms with Gasteiger partial charge < -0.3 is 0 Å². The molecule has 3 N–H and O–H groups in total. The van der Waals surface area contributed by atoms with E-state index in [1.807, 2.05) is 0 Å². The summed E-state index contributed by atoms with van der Waals surface area (Å²) in [6.45, 7) is 8.98. The van der Waals surface area contributed by atoms with E-state index in [9.17, 15) is 4.39 Å². The van der Waals surface area contributed by atoms with Gasteiger partial charge >= 0.3 is 0 Å². The van der Waals surface area contributed by atoms with E-state index >= 15 is 0 Å². The fourth-order valence-electron chi connectivity index (χ4n) is 3.46. The second-order valence-corrected chi connectivity index (χ2v) is 7.04. The van der Waals surface area contributed by atoms with Crippen LogP contribution in [0.15, 0.2) is 18.2 Å². The predicted molar refractivity (Wildman–Crippen MR) is 77.3 cm³/mol. The van der Waals surface area contributed by atoms with Crippen molar-refractivity contribution in [2.24, 2.45) is 22.6 Å². The van der Waals surface area contributed by atoms with Crippen molar-refractivity contribution in [3.8, 4) is 0 Å². The van der Waals surface area contributed by atoms with E-state index < -0.39 is 0 Å². The van der Waals surface area contributed by atoms with Crippen LogP contribution in [-0.2, 0) is 6.42 Å². The van der Waals surface area contributed by atoms with Gasteiger partial charge in [-0.15, -0.1) is 0 Å². The van der Waals surface area contributed by atoms with Crippen LogP contribution < -0.4 is 11.3 Å². The topological polar surface area (TPSA) is 38.0 Å². The van der Waals surface area contributed by atoms with Gasteiger partial charge in [-0.3, -0.25) is 11.3 Å². The third-order valence-electron chi connectivity index (χ3n) is 5.20. The SMILES string of the molecule is CC1(C)C(C(Cc2cc(F)ccc2Cl)NN)C1(C)C. The Balaban J connectivity index is 2.20. The number of hydrogen-bond donors (Lipinski definition) is 2. The molecule has 2 nitrogen and oxygen atoms in total. The lowest BCUT2D eigenvalue weighted by Crippen LogP contribution is -2.40. The molecule has 0 aliphatic heterocycles. The molecule has 0 saturated heterocycles. The molecule has 19 heavy (non-hydrogen) atoms. The quantitative estimate of drug-likeness (QED) is 0.656. The Morgan fingerprint density at radius 1 is 1.32 bits per heavy atom. The summed E-state index contributed by atoms with van der Waals surface area (Å²) >= 11 is 6.13.